The molecule has 4 nitrogen and oxygen atoms in total. The third-order valence-electron chi connectivity index (χ3n) is 1.85. The number of rotatable bonds is 4. The summed E-state index contributed by atoms with van der Waals surface area (Å²) < 4.78 is 22.3. The minimum atomic E-state index is -3.85. The van der Waals surface area contributed by atoms with Gasteiger partial charge in [0, 0.05) is 6.42 Å². The van der Waals surface area contributed by atoms with Crippen LogP contribution in [0.1, 0.15) is 5.56 Å². The van der Waals surface area contributed by atoms with E-state index >= 15 is 0 Å². The molecular formula is C9H9BrClNO3S. The van der Waals surface area contributed by atoms with Gasteiger partial charge in [-0.25, -0.2) is 13.6 Å². The summed E-state index contributed by atoms with van der Waals surface area (Å²) in [5.74, 6) is -0.0531. The van der Waals surface area contributed by atoms with Crippen molar-refractivity contribution < 1.29 is 13.2 Å². The lowest BCUT2D eigenvalue weighted by atomic mass is 10.1. The van der Waals surface area contributed by atoms with Crippen LogP contribution in [-0.2, 0) is 21.2 Å². The second-order valence-corrected chi connectivity index (χ2v) is 5.66. The molecule has 0 bridgehead atoms. The van der Waals surface area contributed by atoms with E-state index < -0.39 is 10.0 Å². The zero-order chi connectivity index (χ0) is 12.3. The smallest absolute Gasteiger partial charge is 0.239 e. The Morgan fingerprint density at radius 1 is 1.44 bits per heavy atom. The van der Waals surface area contributed by atoms with Crippen LogP contribution in [0.15, 0.2) is 23.1 Å². The van der Waals surface area contributed by atoms with Crippen molar-refractivity contribution in [2.75, 3.05) is 5.33 Å². The lowest BCUT2D eigenvalue weighted by Crippen LogP contribution is -2.13. The molecule has 2 N–H and O–H groups in total. The predicted molar refractivity (Wildman–Crippen MR) is 65.3 cm³/mol. The molecule has 0 heterocycles. The van der Waals surface area contributed by atoms with Gasteiger partial charge in [0.25, 0.3) is 0 Å². The second-order valence-electron chi connectivity index (χ2n) is 3.16. The number of primary sulfonamides is 1. The predicted octanol–water partition coefficient (Wildman–Crippen LogP) is 1.49. The largest absolute Gasteiger partial charge is 0.298 e. The highest BCUT2D eigenvalue weighted by atomic mass is 79.9. The Morgan fingerprint density at radius 3 is 2.56 bits per heavy atom. The molecule has 0 aromatic heterocycles. The number of sulfonamides is 1. The summed E-state index contributed by atoms with van der Waals surface area (Å²) in [5, 5.41) is 5.26. The summed E-state index contributed by atoms with van der Waals surface area (Å²) in [7, 11) is -3.85. The first-order chi connectivity index (χ1) is 7.34. The third kappa shape index (κ3) is 3.55. The van der Waals surface area contributed by atoms with Crippen molar-refractivity contribution in [1.82, 2.24) is 0 Å². The SMILES string of the molecule is NS(=O)(=O)c1cc(CC(=O)CBr)ccc1Cl. The summed E-state index contributed by atoms with van der Waals surface area (Å²) in [6.07, 6.45) is 0.144. The number of nitrogens with two attached hydrogens (primary N) is 1. The van der Waals surface area contributed by atoms with E-state index in [9.17, 15) is 13.2 Å². The Balaban J connectivity index is 3.13. The van der Waals surface area contributed by atoms with Gasteiger partial charge in [-0.15, -0.1) is 0 Å². The average molecular weight is 327 g/mol. The molecule has 0 spiro atoms. The topological polar surface area (TPSA) is 77.2 Å². The number of alkyl halides is 1. The van der Waals surface area contributed by atoms with Crippen molar-refractivity contribution in [1.29, 1.82) is 0 Å². The molecule has 0 aliphatic rings. The van der Waals surface area contributed by atoms with Gasteiger partial charge in [-0.05, 0) is 17.7 Å². The second kappa shape index (κ2) is 5.27. The molecule has 0 fully saturated rings. The van der Waals surface area contributed by atoms with Gasteiger partial charge in [-0.1, -0.05) is 33.6 Å². The first kappa shape index (κ1) is 13.6. The lowest BCUT2D eigenvalue weighted by molar-refractivity contribution is -0.115. The summed E-state index contributed by atoms with van der Waals surface area (Å²) in [6.45, 7) is 0. The molecule has 0 aliphatic heterocycles. The first-order valence-electron chi connectivity index (χ1n) is 4.23. The van der Waals surface area contributed by atoms with Gasteiger partial charge in [0.1, 0.15) is 10.7 Å². The number of carbonyl (C=O) groups is 1. The number of Topliss-reactive ketones (excluding diaryl/α,β-unsaturated/α-hetero) is 1. The molecule has 88 valence electrons. The van der Waals surface area contributed by atoms with E-state index in [-0.39, 0.29) is 27.5 Å². The molecule has 1 aromatic rings. The van der Waals surface area contributed by atoms with Crippen molar-refractivity contribution in [2.24, 2.45) is 5.14 Å². The van der Waals surface area contributed by atoms with Crippen LogP contribution in [-0.4, -0.2) is 19.5 Å². The Morgan fingerprint density at radius 2 is 2.06 bits per heavy atom. The minimum absolute atomic E-state index is 0.0531. The van der Waals surface area contributed by atoms with E-state index in [1.807, 2.05) is 0 Å². The molecule has 0 unspecified atom stereocenters. The fourth-order valence-electron chi connectivity index (χ4n) is 1.15. The monoisotopic (exact) mass is 325 g/mol. The average Bonchev–Trinajstić information content (AvgIpc) is 2.19. The first-order valence-corrected chi connectivity index (χ1v) is 7.28. The minimum Gasteiger partial charge on any atom is -0.298 e. The van der Waals surface area contributed by atoms with Gasteiger partial charge < -0.3 is 0 Å². The van der Waals surface area contributed by atoms with Gasteiger partial charge in [0.2, 0.25) is 10.0 Å². The van der Waals surface area contributed by atoms with Crippen molar-refractivity contribution in [3.8, 4) is 0 Å². The molecule has 0 aliphatic carbocycles. The van der Waals surface area contributed by atoms with Crippen LogP contribution in [0.5, 0.6) is 0 Å². The van der Waals surface area contributed by atoms with Gasteiger partial charge >= 0.3 is 0 Å². The van der Waals surface area contributed by atoms with Gasteiger partial charge in [-0.2, -0.15) is 0 Å². The Hall–Kier alpha value is -0.430. The maximum Gasteiger partial charge on any atom is 0.239 e. The fraction of sp³-hybridized carbons (Fsp3) is 0.222. The summed E-state index contributed by atoms with van der Waals surface area (Å²) in [6, 6.07) is 4.33. The number of carbonyl (C=O) groups excluding carboxylic acids is 1. The highest BCUT2D eigenvalue weighted by Crippen LogP contribution is 2.21. The van der Waals surface area contributed by atoms with Crippen molar-refractivity contribution in [3.05, 3.63) is 28.8 Å². The van der Waals surface area contributed by atoms with Crippen LogP contribution in [0, 0.1) is 0 Å². The zero-order valence-corrected chi connectivity index (χ0v) is 11.3. The van der Waals surface area contributed by atoms with Crippen LogP contribution in [0.2, 0.25) is 5.02 Å². The highest BCUT2D eigenvalue weighted by Gasteiger charge is 2.14. The normalized spacial score (nSPS) is 11.4. The molecule has 0 atom stereocenters. The number of hydrogen-bond acceptors (Lipinski definition) is 3. The van der Waals surface area contributed by atoms with Crippen LogP contribution < -0.4 is 5.14 Å². The van der Waals surface area contributed by atoms with Crippen LogP contribution in [0.3, 0.4) is 0 Å². The molecule has 0 amide bonds. The third-order valence-corrected chi connectivity index (χ3v) is 3.87. The maximum absolute atomic E-state index is 11.2. The Bertz CT molecular complexity index is 515. The number of benzene rings is 1. The Kier molecular flexibility index (Phi) is 4.49. The van der Waals surface area contributed by atoms with Gasteiger partial charge in [0.05, 0.1) is 10.4 Å². The summed E-state index contributed by atoms with van der Waals surface area (Å²) in [5.41, 5.74) is 0.567. The number of ketones is 1. The molecule has 16 heavy (non-hydrogen) atoms. The van der Waals surface area contributed by atoms with Crippen molar-refractivity contribution in [3.63, 3.8) is 0 Å². The fourth-order valence-corrected chi connectivity index (χ4v) is 2.44. The highest BCUT2D eigenvalue weighted by molar-refractivity contribution is 9.09. The maximum atomic E-state index is 11.2. The van der Waals surface area contributed by atoms with E-state index in [1.165, 1.54) is 12.1 Å². The molecule has 1 rings (SSSR count). The standard InChI is InChI=1S/C9H9BrClNO3S/c10-5-7(13)3-6-1-2-8(11)9(4-6)16(12,14)15/h1-2,4H,3,5H2,(H2,12,14,15). The van der Waals surface area contributed by atoms with Crippen molar-refractivity contribution >= 4 is 43.3 Å². The molecule has 0 saturated carbocycles. The van der Waals surface area contributed by atoms with E-state index in [4.69, 9.17) is 16.7 Å². The van der Waals surface area contributed by atoms with Gasteiger partial charge in [0.15, 0.2) is 0 Å². The van der Waals surface area contributed by atoms with Crippen molar-refractivity contribution in [2.45, 2.75) is 11.3 Å². The van der Waals surface area contributed by atoms with Crippen LogP contribution in [0.25, 0.3) is 0 Å². The van der Waals surface area contributed by atoms with E-state index in [0.717, 1.165) is 0 Å². The van der Waals surface area contributed by atoms with E-state index in [1.54, 1.807) is 6.07 Å². The molecule has 7 heteroatoms. The molecular weight excluding hydrogens is 318 g/mol. The van der Waals surface area contributed by atoms with Gasteiger partial charge in [-0.3, -0.25) is 4.79 Å². The summed E-state index contributed by atoms with van der Waals surface area (Å²) >= 11 is 8.72. The van der Waals surface area contributed by atoms with E-state index in [0.29, 0.717) is 5.56 Å². The molecule has 0 radical (unpaired) electrons. The molecule has 1 aromatic carbocycles. The molecule has 0 saturated heterocycles. The quantitative estimate of drug-likeness (QED) is 0.852. The summed E-state index contributed by atoms with van der Waals surface area (Å²) in [4.78, 5) is 11.0. The lowest BCUT2D eigenvalue weighted by Gasteiger charge is -2.04. The number of hydrogen-bond donors (Lipinski definition) is 1. The van der Waals surface area contributed by atoms with Crippen LogP contribution in [0.4, 0.5) is 0 Å². The number of halogens is 2. The zero-order valence-electron chi connectivity index (χ0n) is 8.11. The van der Waals surface area contributed by atoms with E-state index in [2.05, 4.69) is 15.9 Å². The van der Waals surface area contributed by atoms with Crippen LogP contribution >= 0.6 is 27.5 Å². The Labute approximate surface area is 107 Å².